The number of anilines is 1. The van der Waals surface area contributed by atoms with E-state index in [1.807, 2.05) is 6.92 Å². The summed E-state index contributed by atoms with van der Waals surface area (Å²) in [4.78, 5) is 12.4. The highest BCUT2D eigenvalue weighted by Crippen LogP contribution is 2.34. The number of nitrogens with one attached hydrogen (secondary N) is 3. The Morgan fingerprint density at radius 2 is 1.92 bits per heavy atom. The number of benzene rings is 1. The molecule has 0 radical (unpaired) electrons. The zero-order valence-electron chi connectivity index (χ0n) is 14.9. The number of amides is 1. The molecule has 1 aromatic rings. The van der Waals surface area contributed by atoms with Crippen LogP contribution in [-0.2, 0) is 16.4 Å². The van der Waals surface area contributed by atoms with E-state index in [2.05, 4.69) is 16.2 Å². The molecule has 1 saturated carbocycles. The van der Waals surface area contributed by atoms with Crippen molar-refractivity contribution in [1.82, 2.24) is 16.2 Å². The highest BCUT2D eigenvalue weighted by molar-refractivity contribution is 7.92. The van der Waals surface area contributed by atoms with E-state index in [-0.39, 0.29) is 11.9 Å². The Morgan fingerprint density at radius 3 is 2.58 bits per heavy atom. The summed E-state index contributed by atoms with van der Waals surface area (Å²) >= 11 is 5.20. The molecule has 1 atom stereocenters. The zero-order chi connectivity index (χ0) is 18.9. The number of carbonyl (C=O) groups is 1. The Balaban J connectivity index is 1.62. The molecular weight excluding hydrogens is 372 g/mol. The minimum absolute atomic E-state index is 0.153. The summed E-state index contributed by atoms with van der Waals surface area (Å²) in [5, 5.41) is 3.59. The van der Waals surface area contributed by atoms with E-state index < -0.39 is 10.0 Å². The summed E-state index contributed by atoms with van der Waals surface area (Å²) < 4.78 is 25.3. The topological polar surface area (TPSA) is 90.5 Å². The van der Waals surface area contributed by atoms with Gasteiger partial charge in [0.15, 0.2) is 5.11 Å². The zero-order valence-corrected chi connectivity index (χ0v) is 16.5. The number of hydrogen-bond donors (Lipinski definition) is 3. The fraction of sp³-hybridized carbons (Fsp3) is 0.529. The van der Waals surface area contributed by atoms with Gasteiger partial charge < -0.3 is 5.32 Å². The molecule has 3 rings (SSSR count). The third kappa shape index (κ3) is 4.09. The smallest absolute Gasteiger partial charge is 0.269 e. The van der Waals surface area contributed by atoms with Gasteiger partial charge in [0, 0.05) is 17.6 Å². The molecule has 9 heteroatoms. The summed E-state index contributed by atoms with van der Waals surface area (Å²) in [6, 6.07) is 5.26. The number of carbonyl (C=O) groups excluding carboxylic acids is 1. The van der Waals surface area contributed by atoms with Gasteiger partial charge in [-0.2, -0.15) is 0 Å². The summed E-state index contributed by atoms with van der Waals surface area (Å²) in [5.41, 5.74) is 7.28. The van der Waals surface area contributed by atoms with Gasteiger partial charge >= 0.3 is 0 Å². The second kappa shape index (κ2) is 7.40. The third-order valence-corrected chi connectivity index (χ3v) is 6.32. The van der Waals surface area contributed by atoms with Crippen LogP contribution in [0.4, 0.5) is 5.69 Å². The molecule has 0 saturated heterocycles. The first kappa shape index (κ1) is 18.9. The largest absolute Gasteiger partial charge is 0.359 e. The van der Waals surface area contributed by atoms with E-state index in [0.717, 1.165) is 18.4 Å². The van der Waals surface area contributed by atoms with Gasteiger partial charge in [0.2, 0.25) is 10.0 Å². The molecule has 1 fully saturated rings. The number of thiocarbonyl (C=S) groups is 1. The van der Waals surface area contributed by atoms with Gasteiger partial charge in [-0.25, -0.2) is 8.42 Å². The summed E-state index contributed by atoms with van der Waals surface area (Å²) in [5.74, 6) is -0.311. The molecule has 2 aliphatic rings. The summed E-state index contributed by atoms with van der Waals surface area (Å²) in [6.07, 6.45) is 6.36. The summed E-state index contributed by atoms with van der Waals surface area (Å²) in [7, 11) is -3.34. The molecule has 142 valence electrons. The fourth-order valence-corrected chi connectivity index (χ4v) is 5.21. The lowest BCUT2D eigenvalue weighted by Gasteiger charge is -2.22. The second-order valence-corrected chi connectivity index (χ2v) is 9.26. The van der Waals surface area contributed by atoms with Gasteiger partial charge in [-0.15, -0.1) is 0 Å². The molecule has 26 heavy (non-hydrogen) atoms. The van der Waals surface area contributed by atoms with Crippen molar-refractivity contribution >= 4 is 38.9 Å². The van der Waals surface area contributed by atoms with E-state index in [9.17, 15) is 13.2 Å². The van der Waals surface area contributed by atoms with Crippen LogP contribution in [0.2, 0.25) is 0 Å². The predicted molar refractivity (Wildman–Crippen MR) is 106 cm³/mol. The SMILES string of the molecule is C[C@H]1Cc2cc(C(=O)NNC(=S)NC3CCCC3)ccc2N1S(C)(=O)=O. The first-order valence-electron chi connectivity index (χ1n) is 8.75. The lowest BCUT2D eigenvalue weighted by Crippen LogP contribution is -2.49. The molecule has 1 aromatic carbocycles. The second-order valence-electron chi connectivity index (χ2n) is 6.99. The molecule has 0 spiro atoms. The number of hydrazine groups is 1. The monoisotopic (exact) mass is 396 g/mol. The molecule has 7 nitrogen and oxygen atoms in total. The highest BCUT2D eigenvalue weighted by Gasteiger charge is 2.32. The number of hydrogen-bond acceptors (Lipinski definition) is 4. The van der Waals surface area contributed by atoms with Crippen LogP contribution in [0.15, 0.2) is 18.2 Å². The minimum Gasteiger partial charge on any atom is -0.359 e. The average Bonchev–Trinajstić information content (AvgIpc) is 3.17. The van der Waals surface area contributed by atoms with E-state index in [0.29, 0.717) is 28.8 Å². The van der Waals surface area contributed by atoms with Crippen molar-refractivity contribution in [2.75, 3.05) is 10.6 Å². The Hall–Kier alpha value is -1.87. The first-order chi connectivity index (χ1) is 12.3. The Bertz CT molecular complexity index is 819. The van der Waals surface area contributed by atoms with Gasteiger partial charge in [-0.05, 0) is 62.2 Å². The van der Waals surface area contributed by atoms with Gasteiger partial charge in [-0.3, -0.25) is 20.0 Å². The van der Waals surface area contributed by atoms with Gasteiger partial charge in [0.25, 0.3) is 5.91 Å². The standard InChI is InChI=1S/C17H24N4O3S2/c1-11-9-13-10-12(7-8-15(13)21(11)26(2,23)24)16(22)19-20-17(25)18-14-5-3-4-6-14/h7-8,10-11,14H,3-6,9H2,1-2H3,(H,19,22)(H2,18,20,25)/t11-/m0/s1. The molecule has 1 aliphatic carbocycles. The molecule has 0 bridgehead atoms. The highest BCUT2D eigenvalue weighted by atomic mass is 32.2. The minimum atomic E-state index is -3.34. The van der Waals surface area contributed by atoms with Crippen molar-refractivity contribution in [3.05, 3.63) is 29.3 Å². The van der Waals surface area contributed by atoms with Crippen LogP contribution in [0.1, 0.15) is 48.5 Å². The lowest BCUT2D eigenvalue weighted by atomic mass is 10.1. The van der Waals surface area contributed by atoms with Crippen molar-refractivity contribution in [3.63, 3.8) is 0 Å². The molecule has 1 aliphatic heterocycles. The molecular formula is C17H24N4O3S2. The molecule has 1 heterocycles. The van der Waals surface area contributed by atoms with Crippen LogP contribution in [-0.4, -0.2) is 37.8 Å². The lowest BCUT2D eigenvalue weighted by molar-refractivity contribution is 0.0943. The normalized spacial score (nSPS) is 19.9. The summed E-state index contributed by atoms with van der Waals surface area (Å²) in [6.45, 7) is 1.86. The Labute approximate surface area is 159 Å². The van der Waals surface area contributed by atoms with E-state index >= 15 is 0 Å². The number of nitrogens with zero attached hydrogens (tertiary/aromatic N) is 1. The third-order valence-electron chi connectivity index (χ3n) is 4.83. The molecule has 3 N–H and O–H groups in total. The number of fused-ring (bicyclic) bond motifs is 1. The van der Waals surface area contributed by atoms with Crippen molar-refractivity contribution in [3.8, 4) is 0 Å². The van der Waals surface area contributed by atoms with Crippen LogP contribution < -0.4 is 20.5 Å². The van der Waals surface area contributed by atoms with Crippen LogP contribution in [0.25, 0.3) is 0 Å². The number of rotatable bonds is 3. The number of sulfonamides is 1. The van der Waals surface area contributed by atoms with Gasteiger partial charge in [0.1, 0.15) is 0 Å². The molecule has 0 unspecified atom stereocenters. The van der Waals surface area contributed by atoms with Crippen LogP contribution >= 0.6 is 12.2 Å². The maximum atomic E-state index is 12.4. The van der Waals surface area contributed by atoms with E-state index in [1.54, 1.807) is 18.2 Å². The first-order valence-corrected chi connectivity index (χ1v) is 11.0. The fourth-order valence-electron chi connectivity index (χ4n) is 3.73. The Morgan fingerprint density at radius 1 is 1.23 bits per heavy atom. The maximum Gasteiger partial charge on any atom is 0.269 e. The predicted octanol–water partition coefficient (Wildman–Crippen LogP) is 1.45. The quantitative estimate of drug-likeness (QED) is 0.529. The molecule has 0 aromatic heterocycles. The van der Waals surface area contributed by atoms with Gasteiger partial charge in [0.05, 0.1) is 11.9 Å². The van der Waals surface area contributed by atoms with E-state index in [4.69, 9.17) is 12.2 Å². The molecule has 1 amide bonds. The van der Waals surface area contributed by atoms with Crippen molar-refractivity contribution in [2.45, 2.75) is 51.1 Å². The van der Waals surface area contributed by atoms with Crippen molar-refractivity contribution in [1.29, 1.82) is 0 Å². The maximum absolute atomic E-state index is 12.4. The van der Waals surface area contributed by atoms with E-state index in [1.165, 1.54) is 23.4 Å². The average molecular weight is 397 g/mol. The van der Waals surface area contributed by atoms with Crippen LogP contribution in [0.5, 0.6) is 0 Å². The Kier molecular flexibility index (Phi) is 5.38. The van der Waals surface area contributed by atoms with Crippen LogP contribution in [0.3, 0.4) is 0 Å². The van der Waals surface area contributed by atoms with Crippen molar-refractivity contribution < 1.29 is 13.2 Å². The van der Waals surface area contributed by atoms with Gasteiger partial charge in [-0.1, -0.05) is 12.8 Å². The van der Waals surface area contributed by atoms with Crippen molar-refractivity contribution in [2.24, 2.45) is 0 Å². The van der Waals surface area contributed by atoms with Crippen LogP contribution in [0, 0.1) is 0 Å².